The predicted molar refractivity (Wildman–Crippen MR) is 62.4 cm³/mol. The van der Waals surface area contributed by atoms with Crippen LogP contribution in [0.3, 0.4) is 0 Å². The molecule has 18 heavy (non-hydrogen) atoms. The van der Waals surface area contributed by atoms with Crippen LogP contribution < -0.4 is 5.73 Å². The average molecular weight is 263 g/mol. The van der Waals surface area contributed by atoms with Crippen molar-refractivity contribution in [2.75, 3.05) is 0 Å². The molecule has 0 aliphatic heterocycles. The summed E-state index contributed by atoms with van der Waals surface area (Å²) in [5.41, 5.74) is 4.76. The molecule has 0 heterocycles. The van der Waals surface area contributed by atoms with Crippen LogP contribution in [-0.2, 0) is 6.18 Å². The molecule has 2 N–H and O–H groups in total. The Labute approximate surface area is 104 Å². The van der Waals surface area contributed by atoms with Crippen LogP contribution >= 0.6 is 0 Å². The lowest BCUT2D eigenvalue weighted by atomic mass is 9.92. The minimum atomic E-state index is -4.50. The summed E-state index contributed by atoms with van der Waals surface area (Å²) in [6.07, 6.45) is -3.27. The third kappa shape index (κ3) is 3.70. The predicted octanol–water partition coefficient (Wildman–Crippen LogP) is 4.28. The molecule has 1 rings (SSSR count). The zero-order valence-corrected chi connectivity index (χ0v) is 10.4. The van der Waals surface area contributed by atoms with Crippen LogP contribution in [0.25, 0.3) is 0 Å². The van der Waals surface area contributed by atoms with Crippen molar-refractivity contribution in [1.82, 2.24) is 0 Å². The summed E-state index contributed by atoms with van der Waals surface area (Å²) in [6, 6.07) is 1.64. The highest BCUT2D eigenvalue weighted by Gasteiger charge is 2.34. The van der Waals surface area contributed by atoms with Gasteiger partial charge in [0.1, 0.15) is 5.82 Å². The molecule has 0 spiro atoms. The van der Waals surface area contributed by atoms with Crippen LogP contribution in [0.5, 0.6) is 0 Å². The van der Waals surface area contributed by atoms with Gasteiger partial charge in [0, 0.05) is 6.04 Å². The number of hydrogen-bond donors (Lipinski definition) is 1. The largest absolute Gasteiger partial charge is 0.416 e. The lowest BCUT2D eigenvalue weighted by Gasteiger charge is -2.20. The highest BCUT2D eigenvalue weighted by atomic mass is 19.4. The zero-order chi connectivity index (χ0) is 13.9. The Morgan fingerprint density at radius 2 is 1.89 bits per heavy atom. The summed E-state index contributed by atoms with van der Waals surface area (Å²) in [6.45, 7) is 3.85. The molecule has 0 aliphatic rings. The number of benzene rings is 1. The zero-order valence-electron chi connectivity index (χ0n) is 10.4. The van der Waals surface area contributed by atoms with Gasteiger partial charge in [-0.25, -0.2) is 4.39 Å². The Balaban J connectivity index is 3.09. The van der Waals surface area contributed by atoms with E-state index in [4.69, 9.17) is 5.73 Å². The summed E-state index contributed by atoms with van der Waals surface area (Å²) in [4.78, 5) is 0. The summed E-state index contributed by atoms with van der Waals surface area (Å²) in [7, 11) is 0. The van der Waals surface area contributed by atoms with Gasteiger partial charge in [0.15, 0.2) is 0 Å². The maximum absolute atomic E-state index is 13.1. The van der Waals surface area contributed by atoms with Crippen molar-refractivity contribution in [3.8, 4) is 0 Å². The molecule has 0 bridgehead atoms. The van der Waals surface area contributed by atoms with Crippen molar-refractivity contribution < 1.29 is 17.6 Å². The van der Waals surface area contributed by atoms with Crippen LogP contribution in [0.15, 0.2) is 18.2 Å². The van der Waals surface area contributed by atoms with Gasteiger partial charge in [-0.3, -0.25) is 0 Å². The molecule has 0 fully saturated rings. The van der Waals surface area contributed by atoms with Gasteiger partial charge in [0.2, 0.25) is 0 Å². The molecule has 0 aromatic heterocycles. The fourth-order valence-corrected chi connectivity index (χ4v) is 1.83. The highest BCUT2D eigenvalue weighted by molar-refractivity contribution is 5.32. The van der Waals surface area contributed by atoms with Crippen molar-refractivity contribution in [3.05, 3.63) is 35.1 Å². The fraction of sp³-hybridized carbons (Fsp3) is 0.538. The van der Waals surface area contributed by atoms with Crippen LogP contribution in [-0.4, -0.2) is 0 Å². The first-order valence-corrected chi connectivity index (χ1v) is 5.88. The molecule has 0 saturated carbocycles. The maximum atomic E-state index is 13.1. The van der Waals surface area contributed by atoms with Gasteiger partial charge in [0.25, 0.3) is 0 Å². The van der Waals surface area contributed by atoms with Gasteiger partial charge in [-0.05, 0) is 36.1 Å². The van der Waals surface area contributed by atoms with Crippen molar-refractivity contribution in [1.29, 1.82) is 0 Å². The van der Waals surface area contributed by atoms with Crippen LogP contribution in [0.2, 0.25) is 0 Å². The third-order valence-electron chi connectivity index (χ3n) is 3.07. The molecule has 5 heteroatoms. The Kier molecular flexibility index (Phi) is 4.73. The van der Waals surface area contributed by atoms with Gasteiger partial charge in [-0.1, -0.05) is 20.3 Å². The summed E-state index contributed by atoms with van der Waals surface area (Å²) >= 11 is 0. The second-order valence-corrected chi connectivity index (χ2v) is 4.58. The Hall–Kier alpha value is -1.10. The summed E-state index contributed by atoms with van der Waals surface area (Å²) in [5, 5.41) is 0. The third-order valence-corrected chi connectivity index (χ3v) is 3.07. The lowest BCUT2D eigenvalue weighted by molar-refractivity contribution is -0.138. The Morgan fingerprint density at radius 3 is 2.39 bits per heavy atom. The fourth-order valence-electron chi connectivity index (χ4n) is 1.83. The van der Waals surface area contributed by atoms with Crippen LogP contribution in [0.4, 0.5) is 17.6 Å². The molecule has 102 valence electrons. The topological polar surface area (TPSA) is 26.0 Å². The first kappa shape index (κ1) is 15.0. The highest BCUT2D eigenvalue weighted by Crippen LogP contribution is 2.36. The number of hydrogen-bond acceptors (Lipinski definition) is 1. The molecule has 1 aromatic carbocycles. The van der Waals surface area contributed by atoms with E-state index in [2.05, 4.69) is 0 Å². The van der Waals surface area contributed by atoms with E-state index in [0.717, 1.165) is 24.6 Å². The van der Waals surface area contributed by atoms with Crippen molar-refractivity contribution in [2.45, 2.75) is 38.9 Å². The first-order valence-electron chi connectivity index (χ1n) is 5.88. The average Bonchev–Trinajstić information content (AvgIpc) is 2.26. The molecular weight excluding hydrogens is 246 g/mol. The first-order chi connectivity index (χ1) is 8.25. The van der Waals surface area contributed by atoms with Gasteiger partial charge >= 0.3 is 6.18 Å². The van der Waals surface area contributed by atoms with Crippen molar-refractivity contribution >= 4 is 0 Å². The number of alkyl halides is 3. The molecule has 0 radical (unpaired) electrons. The summed E-state index contributed by atoms with van der Waals surface area (Å²) in [5.74, 6) is -0.498. The number of nitrogens with two attached hydrogens (primary N) is 1. The van der Waals surface area contributed by atoms with Crippen LogP contribution in [0, 0.1) is 11.7 Å². The second-order valence-electron chi connectivity index (χ2n) is 4.58. The van der Waals surface area contributed by atoms with E-state index in [0.29, 0.717) is 6.42 Å². The SMILES string of the molecule is CCC(C)CC(N)c1cc(F)ccc1C(F)(F)F. The Morgan fingerprint density at radius 1 is 1.28 bits per heavy atom. The molecule has 0 amide bonds. The van der Waals surface area contributed by atoms with E-state index in [9.17, 15) is 17.6 Å². The van der Waals surface area contributed by atoms with E-state index in [-0.39, 0.29) is 11.5 Å². The van der Waals surface area contributed by atoms with Crippen molar-refractivity contribution in [2.24, 2.45) is 11.7 Å². The van der Waals surface area contributed by atoms with E-state index < -0.39 is 23.6 Å². The summed E-state index contributed by atoms with van der Waals surface area (Å²) < 4.78 is 51.4. The Bertz CT molecular complexity index is 400. The molecule has 1 nitrogen and oxygen atoms in total. The van der Waals surface area contributed by atoms with E-state index >= 15 is 0 Å². The van der Waals surface area contributed by atoms with Gasteiger partial charge in [-0.2, -0.15) is 13.2 Å². The van der Waals surface area contributed by atoms with Crippen molar-refractivity contribution in [3.63, 3.8) is 0 Å². The number of halogens is 4. The monoisotopic (exact) mass is 263 g/mol. The second kappa shape index (κ2) is 5.69. The molecule has 0 saturated heterocycles. The van der Waals surface area contributed by atoms with Crippen LogP contribution in [0.1, 0.15) is 43.9 Å². The van der Waals surface area contributed by atoms with E-state index in [1.807, 2.05) is 13.8 Å². The number of rotatable bonds is 4. The van der Waals surface area contributed by atoms with E-state index in [1.165, 1.54) is 0 Å². The van der Waals surface area contributed by atoms with Gasteiger partial charge in [0.05, 0.1) is 5.56 Å². The molecule has 0 aliphatic carbocycles. The minimum Gasteiger partial charge on any atom is -0.324 e. The molecular formula is C13H17F4N. The van der Waals surface area contributed by atoms with Gasteiger partial charge in [-0.15, -0.1) is 0 Å². The minimum absolute atomic E-state index is 0.164. The normalized spacial score (nSPS) is 15.5. The van der Waals surface area contributed by atoms with E-state index in [1.54, 1.807) is 0 Å². The van der Waals surface area contributed by atoms with Gasteiger partial charge < -0.3 is 5.73 Å². The molecule has 2 unspecified atom stereocenters. The molecule has 2 atom stereocenters. The standard InChI is InChI=1S/C13H17F4N/c1-3-8(2)6-12(18)10-7-9(14)4-5-11(10)13(15,16)17/h4-5,7-8,12H,3,6,18H2,1-2H3. The molecule has 1 aromatic rings. The maximum Gasteiger partial charge on any atom is 0.416 e. The smallest absolute Gasteiger partial charge is 0.324 e. The quantitative estimate of drug-likeness (QED) is 0.806. The lowest BCUT2D eigenvalue weighted by Crippen LogP contribution is -2.19.